The number of anilines is 1. The van der Waals surface area contributed by atoms with E-state index in [1.54, 1.807) is 28.9 Å². The molecule has 0 bridgehead atoms. The van der Waals surface area contributed by atoms with Crippen LogP contribution in [-0.4, -0.2) is 27.3 Å². The first-order chi connectivity index (χ1) is 14.5. The second-order valence-electron chi connectivity index (χ2n) is 6.76. The molecule has 152 valence electrons. The lowest BCUT2D eigenvalue weighted by molar-refractivity contribution is -0.118. The van der Waals surface area contributed by atoms with Crippen LogP contribution in [0.15, 0.2) is 60.0 Å². The first-order valence-electron chi connectivity index (χ1n) is 9.26. The van der Waals surface area contributed by atoms with E-state index in [1.807, 2.05) is 37.4 Å². The fourth-order valence-electron chi connectivity index (χ4n) is 2.88. The number of aryl methyl sites for hydroxylation is 2. The fourth-order valence-corrected chi connectivity index (χ4v) is 3.68. The van der Waals surface area contributed by atoms with E-state index in [2.05, 4.69) is 15.4 Å². The highest BCUT2D eigenvalue weighted by molar-refractivity contribution is 7.12. The third-order valence-electron chi connectivity index (χ3n) is 4.27. The normalized spacial score (nSPS) is 10.8. The van der Waals surface area contributed by atoms with E-state index >= 15 is 0 Å². The predicted molar refractivity (Wildman–Crippen MR) is 115 cm³/mol. The summed E-state index contributed by atoms with van der Waals surface area (Å²) in [5.74, 6) is 0.548. The van der Waals surface area contributed by atoms with Gasteiger partial charge in [0.1, 0.15) is 17.4 Å². The van der Waals surface area contributed by atoms with E-state index in [9.17, 15) is 9.18 Å². The van der Waals surface area contributed by atoms with Crippen LogP contribution >= 0.6 is 11.3 Å². The Morgan fingerprint density at radius 3 is 2.73 bits per heavy atom. The Labute approximate surface area is 177 Å². The number of halogens is 1. The zero-order valence-electron chi connectivity index (χ0n) is 16.4. The Hall–Kier alpha value is -3.52. The maximum absolute atomic E-state index is 13.2. The Kier molecular flexibility index (Phi) is 5.58. The molecule has 2 heterocycles. The van der Waals surface area contributed by atoms with Gasteiger partial charge in [-0.3, -0.25) is 4.79 Å². The van der Waals surface area contributed by atoms with Crippen LogP contribution in [0.4, 0.5) is 10.2 Å². The third kappa shape index (κ3) is 4.55. The highest BCUT2D eigenvalue weighted by Gasteiger charge is 2.15. The van der Waals surface area contributed by atoms with Gasteiger partial charge in [0, 0.05) is 17.0 Å². The van der Waals surface area contributed by atoms with Gasteiger partial charge < -0.3 is 10.1 Å². The first-order valence-corrected chi connectivity index (χ1v) is 10.1. The van der Waals surface area contributed by atoms with Crippen molar-refractivity contribution in [1.29, 1.82) is 0 Å². The number of nitrogens with zero attached hydrogens (tertiary/aromatic N) is 3. The van der Waals surface area contributed by atoms with Crippen LogP contribution in [0.3, 0.4) is 0 Å². The minimum atomic E-state index is -0.298. The first kappa shape index (κ1) is 19.8. The number of carbonyl (C=O) groups is 1. The average molecular weight is 422 g/mol. The van der Waals surface area contributed by atoms with E-state index in [4.69, 9.17) is 4.74 Å². The van der Waals surface area contributed by atoms with E-state index in [0.717, 1.165) is 16.8 Å². The van der Waals surface area contributed by atoms with E-state index in [0.29, 0.717) is 22.4 Å². The second kappa shape index (κ2) is 8.46. The summed E-state index contributed by atoms with van der Waals surface area (Å²) in [5.41, 5.74) is 3.31. The molecule has 4 rings (SSSR count). The number of amides is 1. The SMILES string of the molecule is Cc1cccc(OCC(=O)Nc2cc(C)nn2-c2nc(-c3ccc(F)cc3)cs2)c1. The van der Waals surface area contributed by atoms with E-state index in [1.165, 1.54) is 23.5 Å². The van der Waals surface area contributed by atoms with Crippen molar-refractivity contribution >= 4 is 23.1 Å². The molecule has 0 saturated heterocycles. The van der Waals surface area contributed by atoms with Gasteiger partial charge >= 0.3 is 0 Å². The molecule has 0 fully saturated rings. The minimum Gasteiger partial charge on any atom is -0.484 e. The summed E-state index contributed by atoms with van der Waals surface area (Å²) in [7, 11) is 0. The molecular weight excluding hydrogens is 403 g/mol. The van der Waals surface area contributed by atoms with Crippen LogP contribution in [0.2, 0.25) is 0 Å². The number of hydrogen-bond acceptors (Lipinski definition) is 5. The van der Waals surface area contributed by atoms with Gasteiger partial charge in [0.25, 0.3) is 5.91 Å². The molecule has 1 N–H and O–H groups in total. The molecular formula is C22H19FN4O2S. The summed E-state index contributed by atoms with van der Waals surface area (Å²) in [4.78, 5) is 17.0. The van der Waals surface area contributed by atoms with Crippen molar-refractivity contribution in [3.05, 3.63) is 77.1 Å². The highest BCUT2D eigenvalue weighted by Crippen LogP contribution is 2.26. The molecule has 0 atom stereocenters. The number of rotatable bonds is 6. The molecule has 0 aliphatic rings. The number of nitrogens with one attached hydrogen (secondary N) is 1. The number of thiazole rings is 1. The van der Waals surface area contributed by atoms with E-state index in [-0.39, 0.29) is 18.3 Å². The number of carbonyl (C=O) groups excluding carboxylic acids is 1. The Morgan fingerprint density at radius 1 is 1.17 bits per heavy atom. The number of benzene rings is 2. The van der Waals surface area contributed by atoms with Gasteiger partial charge in [-0.2, -0.15) is 9.78 Å². The molecule has 8 heteroatoms. The molecule has 0 aliphatic carbocycles. The van der Waals surface area contributed by atoms with Gasteiger partial charge in [-0.15, -0.1) is 11.3 Å². The van der Waals surface area contributed by atoms with Crippen molar-refractivity contribution < 1.29 is 13.9 Å². The van der Waals surface area contributed by atoms with Gasteiger partial charge in [0.05, 0.1) is 11.4 Å². The Bertz CT molecular complexity index is 1180. The van der Waals surface area contributed by atoms with Crippen molar-refractivity contribution in [3.8, 4) is 22.1 Å². The van der Waals surface area contributed by atoms with Crippen molar-refractivity contribution in [1.82, 2.24) is 14.8 Å². The summed E-state index contributed by atoms with van der Waals surface area (Å²) >= 11 is 1.38. The largest absolute Gasteiger partial charge is 0.484 e. The maximum Gasteiger partial charge on any atom is 0.263 e. The lowest BCUT2D eigenvalue weighted by Crippen LogP contribution is -2.21. The highest BCUT2D eigenvalue weighted by atomic mass is 32.1. The molecule has 0 unspecified atom stereocenters. The lowest BCUT2D eigenvalue weighted by atomic mass is 10.2. The molecule has 2 aromatic heterocycles. The molecule has 0 radical (unpaired) electrons. The van der Waals surface area contributed by atoms with Gasteiger partial charge in [-0.1, -0.05) is 12.1 Å². The molecule has 0 aliphatic heterocycles. The fraction of sp³-hybridized carbons (Fsp3) is 0.136. The van der Waals surface area contributed by atoms with Crippen molar-refractivity contribution in [2.75, 3.05) is 11.9 Å². The van der Waals surface area contributed by atoms with Crippen molar-refractivity contribution in [2.45, 2.75) is 13.8 Å². The van der Waals surface area contributed by atoms with Crippen molar-refractivity contribution in [3.63, 3.8) is 0 Å². The van der Waals surface area contributed by atoms with Crippen LogP contribution in [-0.2, 0) is 4.79 Å². The zero-order chi connectivity index (χ0) is 21.1. The minimum absolute atomic E-state index is 0.119. The number of hydrogen-bond donors (Lipinski definition) is 1. The molecule has 4 aromatic rings. The predicted octanol–water partition coefficient (Wildman–Crippen LogP) is 4.77. The summed E-state index contributed by atoms with van der Waals surface area (Å²) < 4.78 is 20.3. The standard InChI is InChI=1S/C22H19FN4O2S/c1-14-4-3-5-18(10-14)29-12-21(28)25-20-11-15(2)26-27(20)22-24-19(13-30-22)16-6-8-17(23)9-7-16/h3-11,13H,12H2,1-2H3,(H,25,28). The maximum atomic E-state index is 13.2. The molecule has 0 saturated carbocycles. The molecule has 1 amide bonds. The van der Waals surface area contributed by atoms with Gasteiger partial charge in [-0.05, 0) is 55.8 Å². The summed E-state index contributed by atoms with van der Waals surface area (Å²) in [6, 6.07) is 15.4. The van der Waals surface area contributed by atoms with Crippen LogP contribution < -0.4 is 10.1 Å². The summed E-state index contributed by atoms with van der Waals surface area (Å²) in [6.07, 6.45) is 0. The second-order valence-corrected chi connectivity index (χ2v) is 7.59. The quantitative estimate of drug-likeness (QED) is 0.486. The summed E-state index contributed by atoms with van der Waals surface area (Å²) in [5, 5.41) is 9.72. The monoisotopic (exact) mass is 422 g/mol. The van der Waals surface area contributed by atoms with Crippen LogP contribution in [0.25, 0.3) is 16.4 Å². The number of ether oxygens (including phenoxy) is 1. The summed E-state index contributed by atoms with van der Waals surface area (Å²) in [6.45, 7) is 3.68. The lowest BCUT2D eigenvalue weighted by Gasteiger charge is -2.08. The molecule has 0 spiro atoms. The molecule has 30 heavy (non-hydrogen) atoms. The smallest absolute Gasteiger partial charge is 0.263 e. The number of aromatic nitrogens is 3. The molecule has 2 aromatic carbocycles. The third-order valence-corrected chi connectivity index (χ3v) is 5.09. The van der Waals surface area contributed by atoms with E-state index < -0.39 is 0 Å². The average Bonchev–Trinajstić information content (AvgIpc) is 3.34. The van der Waals surface area contributed by atoms with Crippen LogP contribution in [0, 0.1) is 19.7 Å². The molecule has 6 nitrogen and oxygen atoms in total. The van der Waals surface area contributed by atoms with Crippen molar-refractivity contribution in [2.24, 2.45) is 0 Å². The Morgan fingerprint density at radius 2 is 1.97 bits per heavy atom. The van der Waals surface area contributed by atoms with Gasteiger partial charge in [0.2, 0.25) is 5.13 Å². The zero-order valence-corrected chi connectivity index (χ0v) is 17.2. The van der Waals surface area contributed by atoms with Gasteiger partial charge in [-0.25, -0.2) is 9.37 Å². The van der Waals surface area contributed by atoms with Crippen LogP contribution in [0.1, 0.15) is 11.3 Å². The van der Waals surface area contributed by atoms with Gasteiger partial charge in [0.15, 0.2) is 6.61 Å². The topological polar surface area (TPSA) is 69.0 Å². The Balaban J connectivity index is 1.49. The van der Waals surface area contributed by atoms with Crippen LogP contribution in [0.5, 0.6) is 5.75 Å².